The second kappa shape index (κ2) is 12.5. The topological polar surface area (TPSA) is 105 Å². The maximum absolute atomic E-state index is 12.6. The minimum absolute atomic E-state index is 0.232. The fourth-order valence-electron chi connectivity index (χ4n) is 3.82. The van der Waals surface area contributed by atoms with Gasteiger partial charge in [0.25, 0.3) is 0 Å². The predicted octanol–water partition coefficient (Wildman–Crippen LogP) is 3.03. The molecule has 1 heterocycles. The molecular formula is C28H31BN6O. The maximum Gasteiger partial charge on any atom is 0.241 e. The summed E-state index contributed by atoms with van der Waals surface area (Å²) in [5.74, 6) is 1.05. The average Bonchev–Trinajstić information content (AvgIpc) is 2.90. The van der Waals surface area contributed by atoms with Crippen molar-refractivity contribution in [3.63, 3.8) is 0 Å². The zero-order chi connectivity index (χ0) is 25.2. The largest absolute Gasteiger partial charge is 0.370 e. The smallest absolute Gasteiger partial charge is 0.241 e. The Morgan fingerprint density at radius 1 is 0.917 bits per heavy atom. The average molecular weight is 478 g/mol. The Bertz CT molecular complexity index is 1270. The van der Waals surface area contributed by atoms with Gasteiger partial charge in [-0.2, -0.15) is 4.98 Å². The lowest BCUT2D eigenvalue weighted by molar-refractivity contribution is -0.117. The lowest BCUT2D eigenvalue weighted by Gasteiger charge is -2.14. The summed E-state index contributed by atoms with van der Waals surface area (Å²) in [6.07, 6.45) is 4.28. The van der Waals surface area contributed by atoms with Crippen LogP contribution in [0.1, 0.15) is 17.5 Å². The monoisotopic (exact) mass is 478 g/mol. The van der Waals surface area contributed by atoms with Crippen LogP contribution in [0.5, 0.6) is 0 Å². The molecule has 0 aliphatic rings. The zero-order valence-corrected chi connectivity index (χ0v) is 20.4. The van der Waals surface area contributed by atoms with E-state index in [1.807, 2.05) is 68.5 Å². The van der Waals surface area contributed by atoms with Crippen LogP contribution in [-0.4, -0.2) is 36.3 Å². The molecule has 0 aliphatic heterocycles. The molecule has 0 bridgehead atoms. The van der Waals surface area contributed by atoms with E-state index in [0.717, 1.165) is 41.9 Å². The fraction of sp³-hybridized carbons (Fsp3) is 0.179. The number of carbonyl (C=O) groups is 1. The molecule has 36 heavy (non-hydrogen) atoms. The van der Waals surface area contributed by atoms with Crippen molar-refractivity contribution in [3.05, 3.63) is 102 Å². The molecule has 1 atom stereocenters. The highest BCUT2D eigenvalue weighted by Crippen LogP contribution is 2.19. The summed E-state index contributed by atoms with van der Waals surface area (Å²) in [5, 5.41) is 9.54. The van der Waals surface area contributed by atoms with Gasteiger partial charge >= 0.3 is 0 Å². The van der Waals surface area contributed by atoms with Gasteiger partial charge in [0.15, 0.2) is 0 Å². The van der Waals surface area contributed by atoms with Gasteiger partial charge in [-0.15, -0.1) is 0 Å². The first-order valence-corrected chi connectivity index (χ1v) is 12.2. The van der Waals surface area contributed by atoms with Gasteiger partial charge in [-0.1, -0.05) is 66.7 Å². The van der Waals surface area contributed by atoms with Crippen LogP contribution >= 0.6 is 0 Å². The summed E-state index contributed by atoms with van der Waals surface area (Å²) in [7, 11) is 1.98. The van der Waals surface area contributed by atoms with Gasteiger partial charge in [0.2, 0.25) is 11.9 Å². The first-order valence-electron chi connectivity index (χ1n) is 12.2. The van der Waals surface area contributed by atoms with Crippen molar-refractivity contribution >= 4 is 42.4 Å². The van der Waals surface area contributed by atoms with E-state index in [4.69, 9.17) is 5.73 Å². The van der Waals surface area contributed by atoms with Crippen LogP contribution in [-0.2, 0) is 17.6 Å². The van der Waals surface area contributed by atoms with Crippen LogP contribution in [0.3, 0.4) is 0 Å². The summed E-state index contributed by atoms with van der Waals surface area (Å²) >= 11 is 0. The van der Waals surface area contributed by atoms with E-state index in [9.17, 15) is 4.79 Å². The minimum Gasteiger partial charge on any atom is -0.370 e. The van der Waals surface area contributed by atoms with Crippen molar-refractivity contribution in [3.8, 4) is 0 Å². The van der Waals surface area contributed by atoms with Crippen molar-refractivity contribution in [1.29, 1.82) is 0 Å². The first-order chi connectivity index (χ1) is 17.6. The first kappa shape index (κ1) is 24.9. The van der Waals surface area contributed by atoms with Gasteiger partial charge in [-0.05, 0) is 54.1 Å². The Kier molecular flexibility index (Phi) is 8.67. The standard InChI is InChI=1S/C28H31BN6O/c29-24-19-32-28(35-26(24)31-16-8-13-20-9-3-1-4-10-20)34-23-15-7-14-22(18-23)33-27(36)25(30)17-21-11-5-2-6-12-21/h1-7,9-12,14-15,18-19,25H,8,13,16-17,29-30H2,(H,33,36)(H2,31,32,34,35). The Morgan fingerprint density at radius 3 is 2.36 bits per heavy atom. The Hall–Kier alpha value is -4.17. The van der Waals surface area contributed by atoms with Crippen molar-refractivity contribution < 1.29 is 4.79 Å². The summed E-state index contributed by atoms with van der Waals surface area (Å²) in [5.41, 5.74) is 10.9. The summed E-state index contributed by atoms with van der Waals surface area (Å²) in [6, 6.07) is 27.0. The number of amides is 1. The fourth-order valence-corrected chi connectivity index (χ4v) is 3.82. The van der Waals surface area contributed by atoms with Crippen LogP contribution in [0, 0.1) is 0 Å². The van der Waals surface area contributed by atoms with E-state index in [1.165, 1.54) is 5.56 Å². The number of carbonyl (C=O) groups excluding carboxylic acids is 1. The molecule has 0 saturated heterocycles. The second-order valence-corrected chi connectivity index (χ2v) is 8.73. The number of anilines is 4. The SMILES string of the molecule is Bc1cnc(Nc2cccc(NC(=O)C(N)Cc3ccccc3)c2)nc1NCCCc1ccccc1. The van der Waals surface area contributed by atoms with E-state index < -0.39 is 6.04 Å². The summed E-state index contributed by atoms with van der Waals surface area (Å²) in [6.45, 7) is 0.816. The van der Waals surface area contributed by atoms with Crippen molar-refractivity contribution in [1.82, 2.24) is 9.97 Å². The third-order valence-corrected chi connectivity index (χ3v) is 5.77. The highest BCUT2D eigenvalue weighted by molar-refractivity contribution is 6.35. The Morgan fingerprint density at radius 2 is 1.61 bits per heavy atom. The molecule has 0 fully saturated rings. The third kappa shape index (κ3) is 7.42. The van der Waals surface area contributed by atoms with Crippen molar-refractivity contribution in [2.24, 2.45) is 5.73 Å². The number of aryl methyl sites for hydroxylation is 1. The van der Waals surface area contributed by atoms with Gasteiger partial charge in [0.05, 0.1) is 6.04 Å². The molecule has 0 aliphatic carbocycles. The minimum atomic E-state index is -0.639. The molecule has 0 radical (unpaired) electrons. The Balaban J connectivity index is 1.32. The van der Waals surface area contributed by atoms with E-state index in [2.05, 4.69) is 50.2 Å². The van der Waals surface area contributed by atoms with Gasteiger partial charge in [-0.3, -0.25) is 4.79 Å². The van der Waals surface area contributed by atoms with E-state index >= 15 is 0 Å². The lowest BCUT2D eigenvalue weighted by Crippen LogP contribution is -2.37. The molecule has 1 amide bonds. The molecular weight excluding hydrogens is 447 g/mol. The molecule has 0 spiro atoms. The van der Waals surface area contributed by atoms with E-state index in [1.54, 1.807) is 6.20 Å². The number of hydrogen-bond acceptors (Lipinski definition) is 6. The second-order valence-electron chi connectivity index (χ2n) is 8.73. The molecule has 5 N–H and O–H groups in total. The molecule has 1 aromatic heterocycles. The number of benzene rings is 3. The van der Waals surface area contributed by atoms with Crippen LogP contribution in [0.4, 0.5) is 23.1 Å². The normalized spacial score (nSPS) is 11.5. The third-order valence-electron chi connectivity index (χ3n) is 5.77. The highest BCUT2D eigenvalue weighted by atomic mass is 16.2. The summed E-state index contributed by atoms with van der Waals surface area (Å²) in [4.78, 5) is 21.6. The van der Waals surface area contributed by atoms with Crippen LogP contribution in [0.2, 0.25) is 0 Å². The number of nitrogens with one attached hydrogen (secondary N) is 3. The molecule has 3 aromatic carbocycles. The highest BCUT2D eigenvalue weighted by Gasteiger charge is 2.14. The van der Waals surface area contributed by atoms with E-state index in [-0.39, 0.29) is 5.91 Å². The van der Waals surface area contributed by atoms with E-state index in [0.29, 0.717) is 18.1 Å². The number of hydrogen-bond donors (Lipinski definition) is 4. The quantitative estimate of drug-likeness (QED) is 0.195. The van der Waals surface area contributed by atoms with Crippen molar-refractivity contribution in [2.75, 3.05) is 22.5 Å². The van der Waals surface area contributed by atoms with Crippen molar-refractivity contribution in [2.45, 2.75) is 25.3 Å². The molecule has 1 unspecified atom stereocenters. The molecule has 4 aromatic rings. The molecule has 4 rings (SSSR count). The molecule has 182 valence electrons. The van der Waals surface area contributed by atoms with Crippen LogP contribution in [0.25, 0.3) is 0 Å². The lowest BCUT2D eigenvalue weighted by atomic mass is 9.99. The predicted molar refractivity (Wildman–Crippen MR) is 150 cm³/mol. The van der Waals surface area contributed by atoms with Gasteiger partial charge in [0.1, 0.15) is 13.7 Å². The number of rotatable bonds is 11. The molecule has 7 nitrogen and oxygen atoms in total. The zero-order valence-electron chi connectivity index (χ0n) is 20.4. The number of nitrogens with two attached hydrogens (primary N) is 1. The maximum atomic E-state index is 12.6. The van der Waals surface area contributed by atoms with Gasteiger partial charge in [-0.25, -0.2) is 4.98 Å². The number of aromatic nitrogens is 2. The van der Waals surface area contributed by atoms with Gasteiger partial charge in [0, 0.05) is 24.1 Å². The number of nitrogens with zero attached hydrogens (tertiary/aromatic N) is 2. The van der Waals surface area contributed by atoms with Gasteiger partial charge < -0.3 is 21.7 Å². The Labute approximate surface area is 213 Å². The van der Waals surface area contributed by atoms with Crippen LogP contribution in [0.15, 0.2) is 91.1 Å². The van der Waals surface area contributed by atoms with Crippen LogP contribution < -0.4 is 27.1 Å². The molecule has 0 saturated carbocycles. The summed E-state index contributed by atoms with van der Waals surface area (Å²) < 4.78 is 0. The molecule has 8 heteroatoms.